The Morgan fingerprint density at radius 3 is 2.28 bits per heavy atom. The van der Waals surface area contributed by atoms with E-state index in [1.165, 1.54) is 55.7 Å². The lowest BCUT2D eigenvalue weighted by Crippen LogP contribution is -2.60. The average molecular weight is 375 g/mol. The fraction of sp³-hybridized carbons (Fsp3) is 0.571. The predicted molar refractivity (Wildman–Crippen MR) is 83.2 cm³/mol. The summed E-state index contributed by atoms with van der Waals surface area (Å²) < 4.78 is 2.46. The van der Waals surface area contributed by atoms with E-state index in [-0.39, 0.29) is 0 Å². The van der Waals surface area contributed by atoms with Gasteiger partial charge in [0.2, 0.25) is 0 Å². The summed E-state index contributed by atoms with van der Waals surface area (Å²) in [4.78, 5) is 3.22. The molecule has 1 aromatic rings. The summed E-state index contributed by atoms with van der Waals surface area (Å²) >= 11 is 7.39. The van der Waals surface area contributed by atoms with Gasteiger partial charge in [-0.15, -0.1) is 0 Å². The van der Waals surface area contributed by atoms with E-state index >= 15 is 0 Å². The number of piperazine rings is 1. The van der Waals surface area contributed by atoms with Crippen LogP contribution in [0.25, 0.3) is 0 Å². The molecule has 2 aliphatic heterocycles. The molecule has 18 heavy (non-hydrogen) atoms. The van der Waals surface area contributed by atoms with Crippen molar-refractivity contribution in [1.29, 1.82) is 0 Å². The van der Waals surface area contributed by atoms with Crippen LogP contribution in [0, 0.1) is 0 Å². The van der Waals surface area contributed by atoms with Crippen molar-refractivity contribution in [2.75, 3.05) is 37.6 Å². The third kappa shape index (κ3) is 2.35. The molecule has 1 atom stereocenters. The van der Waals surface area contributed by atoms with Gasteiger partial charge in [-0.3, -0.25) is 0 Å². The van der Waals surface area contributed by atoms with Gasteiger partial charge in [0.1, 0.15) is 4.95 Å². The maximum atomic E-state index is 3.89. The minimum atomic E-state index is 0.699. The van der Waals surface area contributed by atoms with Gasteiger partial charge in [0, 0.05) is 23.0 Å². The standard InChI is InChI=1S/C14H19Br2N2/c15-12-3-5-13(6-4-12)17-7-10-18(11-8-17)9-1-2-14(18)16/h3-6,14H,1-2,7-11H2/q+1. The van der Waals surface area contributed by atoms with Crippen LogP contribution in [-0.4, -0.2) is 42.2 Å². The van der Waals surface area contributed by atoms with Gasteiger partial charge in [-0.05, 0) is 40.2 Å². The quantitative estimate of drug-likeness (QED) is 0.412. The number of alkyl halides is 1. The van der Waals surface area contributed by atoms with Crippen molar-refractivity contribution in [3.63, 3.8) is 0 Å². The molecule has 1 spiro atoms. The molecule has 0 bridgehead atoms. The van der Waals surface area contributed by atoms with Crippen molar-refractivity contribution < 1.29 is 4.48 Å². The molecule has 1 unspecified atom stereocenters. The molecule has 2 nitrogen and oxygen atoms in total. The van der Waals surface area contributed by atoms with Crippen molar-refractivity contribution >= 4 is 37.5 Å². The van der Waals surface area contributed by atoms with Gasteiger partial charge in [-0.1, -0.05) is 15.9 Å². The van der Waals surface area contributed by atoms with Crippen molar-refractivity contribution in [2.24, 2.45) is 0 Å². The van der Waals surface area contributed by atoms with Gasteiger partial charge in [0.05, 0.1) is 32.7 Å². The van der Waals surface area contributed by atoms with Crippen LogP contribution in [0.4, 0.5) is 5.69 Å². The largest absolute Gasteiger partial charge is 0.360 e. The Hall–Kier alpha value is -0.0600. The number of hydrogen-bond donors (Lipinski definition) is 0. The number of benzene rings is 1. The van der Waals surface area contributed by atoms with Crippen LogP contribution in [0.15, 0.2) is 28.7 Å². The number of rotatable bonds is 1. The zero-order valence-corrected chi connectivity index (χ0v) is 13.7. The minimum Gasteiger partial charge on any atom is -0.360 e. The van der Waals surface area contributed by atoms with E-state index in [9.17, 15) is 0 Å². The van der Waals surface area contributed by atoms with E-state index in [1.54, 1.807) is 0 Å². The fourth-order valence-corrected chi connectivity index (χ4v) is 4.47. The van der Waals surface area contributed by atoms with Crippen LogP contribution < -0.4 is 4.90 Å². The Kier molecular flexibility index (Phi) is 3.70. The molecule has 2 saturated heterocycles. The summed E-state index contributed by atoms with van der Waals surface area (Å²) in [5, 5.41) is 0. The first kappa shape index (κ1) is 12.9. The molecule has 0 aliphatic carbocycles. The molecule has 0 aromatic heterocycles. The van der Waals surface area contributed by atoms with E-state index in [0.29, 0.717) is 4.95 Å². The third-order valence-electron chi connectivity index (χ3n) is 4.46. The molecule has 2 heterocycles. The molecule has 0 amide bonds. The van der Waals surface area contributed by atoms with Gasteiger partial charge in [-0.25, -0.2) is 0 Å². The van der Waals surface area contributed by atoms with Crippen LogP contribution in [-0.2, 0) is 0 Å². The van der Waals surface area contributed by atoms with E-state index in [0.717, 1.165) is 4.47 Å². The van der Waals surface area contributed by atoms with Gasteiger partial charge in [-0.2, -0.15) is 0 Å². The molecule has 0 N–H and O–H groups in total. The van der Waals surface area contributed by atoms with Gasteiger partial charge < -0.3 is 9.38 Å². The Bertz CT molecular complexity index is 410. The second-order valence-electron chi connectivity index (χ2n) is 5.43. The number of nitrogens with zero attached hydrogens (tertiary/aromatic N) is 2. The Morgan fingerprint density at radius 2 is 1.72 bits per heavy atom. The van der Waals surface area contributed by atoms with Crippen molar-refractivity contribution in [1.82, 2.24) is 0 Å². The molecule has 1 aromatic carbocycles. The Morgan fingerprint density at radius 1 is 1.06 bits per heavy atom. The lowest BCUT2D eigenvalue weighted by atomic mass is 10.2. The molecule has 98 valence electrons. The summed E-state index contributed by atoms with van der Waals surface area (Å²) in [6, 6.07) is 8.71. The van der Waals surface area contributed by atoms with Crippen LogP contribution >= 0.6 is 31.9 Å². The van der Waals surface area contributed by atoms with Crippen molar-refractivity contribution in [2.45, 2.75) is 17.8 Å². The number of halogens is 2. The predicted octanol–water partition coefficient (Wildman–Crippen LogP) is 3.60. The molecule has 2 aliphatic rings. The van der Waals surface area contributed by atoms with E-state index < -0.39 is 0 Å². The molecular formula is C14H19Br2N2+. The summed E-state index contributed by atoms with van der Waals surface area (Å²) in [7, 11) is 0. The molecule has 2 fully saturated rings. The zero-order chi connectivity index (χ0) is 12.6. The minimum absolute atomic E-state index is 0.699. The normalized spacial score (nSPS) is 26.8. The van der Waals surface area contributed by atoms with Gasteiger partial charge in [0.25, 0.3) is 0 Å². The van der Waals surface area contributed by atoms with Gasteiger partial charge in [0.15, 0.2) is 0 Å². The highest BCUT2D eigenvalue weighted by Gasteiger charge is 2.42. The van der Waals surface area contributed by atoms with Crippen LogP contribution in [0.2, 0.25) is 0 Å². The number of anilines is 1. The van der Waals surface area contributed by atoms with Crippen molar-refractivity contribution in [3.05, 3.63) is 28.7 Å². The fourth-order valence-electron chi connectivity index (χ4n) is 3.27. The topological polar surface area (TPSA) is 3.24 Å². The van der Waals surface area contributed by atoms with Crippen LogP contribution in [0.3, 0.4) is 0 Å². The highest BCUT2D eigenvalue weighted by atomic mass is 79.9. The molecule has 4 heteroatoms. The molecule has 0 saturated carbocycles. The second-order valence-corrected chi connectivity index (χ2v) is 7.40. The number of quaternary nitrogens is 1. The zero-order valence-electron chi connectivity index (χ0n) is 10.5. The SMILES string of the molecule is Brc1ccc(N2CC[N+]3(CCCC3Br)CC2)cc1. The lowest BCUT2D eigenvalue weighted by Gasteiger charge is -2.45. The van der Waals surface area contributed by atoms with E-state index in [4.69, 9.17) is 0 Å². The van der Waals surface area contributed by atoms with Crippen LogP contribution in [0.1, 0.15) is 12.8 Å². The van der Waals surface area contributed by atoms with E-state index in [1.807, 2.05) is 0 Å². The Balaban J connectivity index is 1.68. The monoisotopic (exact) mass is 373 g/mol. The summed E-state index contributed by atoms with van der Waals surface area (Å²) in [6.45, 7) is 6.30. The Labute approximate surface area is 126 Å². The summed E-state index contributed by atoms with van der Waals surface area (Å²) in [6.07, 6.45) is 2.73. The second kappa shape index (κ2) is 5.14. The first-order valence-corrected chi connectivity index (χ1v) is 8.41. The number of hydrogen-bond acceptors (Lipinski definition) is 1. The smallest absolute Gasteiger partial charge is 0.144 e. The maximum Gasteiger partial charge on any atom is 0.144 e. The van der Waals surface area contributed by atoms with Crippen molar-refractivity contribution in [3.8, 4) is 0 Å². The molecule has 3 rings (SSSR count). The maximum absolute atomic E-state index is 3.89. The van der Waals surface area contributed by atoms with Gasteiger partial charge >= 0.3 is 0 Å². The third-order valence-corrected chi connectivity index (χ3v) is 6.32. The first-order valence-electron chi connectivity index (χ1n) is 6.70. The molecule has 0 radical (unpaired) electrons. The lowest BCUT2D eigenvalue weighted by molar-refractivity contribution is -0.925. The highest BCUT2D eigenvalue weighted by molar-refractivity contribution is 9.10. The molecular weight excluding hydrogens is 356 g/mol. The van der Waals surface area contributed by atoms with Crippen LogP contribution in [0.5, 0.6) is 0 Å². The summed E-state index contributed by atoms with van der Waals surface area (Å²) in [5.41, 5.74) is 1.36. The summed E-state index contributed by atoms with van der Waals surface area (Å²) in [5.74, 6) is 0. The average Bonchev–Trinajstić information content (AvgIpc) is 2.73. The van der Waals surface area contributed by atoms with E-state index in [2.05, 4.69) is 61.0 Å². The highest BCUT2D eigenvalue weighted by Crippen LogP contribution is 2.33. The first-order chi connectivity index (χ1) is 8.70.